The molecule has 230 valence electrons. The zero-order chi connectivity index (χ0) is 33.0. The summed E-state index contributed by atoms with van der Waals surface area (Å²) in [5, 5.41) is 1.55. The molecule has 46 heavy (non-hydrogen) atoms. The van der Waals surface area contributed by atoms with Crippen molar-refractivity contribution in [3.05, 3.63) is 131 Å². The van der Waals surface area contributed by atoms with E-state index in [9.17, 15) is 35.9 Å². The van der Waals surface area contributed by atoms with E-state index in [1.807, 2.05) is 0 Å². The van der Waals surface area contributed by atoms with Gasteiger partial charge in [0.25, 0.3) is 0 Å². The van der Waals surface area contributed by atoms with Crippen LogP contribution >= 0.6 is 0 Å². The Morgan fingerprint density at radius 3 is 1.17 bits per heavy atom. The number of halogens is 6. The van der Waals surface area contributed by atoms with Crippen LogP contribution in [-0.2, 0) is 12.4 Å². The molecule has 0 radical (unpaired) electrons. The number of primary amides is 2. The molecule has 6 aromatic carbocycles. The SMILES string of the molecule is NC(=O)c1cccc2c(-c3cccc(C(F)(F)F)c3)c(-c3ccc4c(C(N)=O)cccc4c3-c3cccc(C(F)(F)F)c3)ccc12. The van der Waals surface area contributed by atoms with Crippen LogP contribution in [0.5, 0.6) is 0 Å². The Kier molecular flexibility index (Phi) is 7.31. The molecule has 6 aromatic rings. The number of hydrogen-bond donors (Lipinski definition) is 2. The third-order valence-electron chi connectivity index (χ3n) is 7.90. The third-order valence-corrected chi connectivity index (χ3v) is 7.90. The maximum absolute atomic E-state index is 13.9. The van der Waals surface area contributed by atoms with E-state index >= 15 is 0 Å². The minimum absolute atomic E-state index is 0.139. The molecule has 0 saturated heterocycles. The maximum atomic E-state index is 13.9. The van der Waals surface area contributed by atoms with Crippen molar-refractivity contribution in [2.24, 2.45) is 11.5 Å². The molecule has 0 aliphatic heterocycles. The average molecular weight is 629 g/mol. The van der Waals surface area contributed by atoms with Gasteiger partial charge in [0.1, 0.15) is 0 Å². The Morgan fingerprint density at radius 1 is 0.457 bits per heavy atom. The summed E-state index contributed by atoms with van der Waals surface area (Å²) in [6, 6.07) is 25.1. The lowest BCUT2D eigenvalue weighted by molar-refractivity contribution is -0.138. The molecule has 0 aliphatic rings. The van der Waals surface area contributed by atoms with Gasteiger partial charge >= 0.3 is 12.4 Å². The molecule has 0 bridgehead atoms. The zero-order valence-electron chi connectivity index (χ0n) is 23.6. The molecule has 0 aliphatic carbocycles. The van der Waals surface area contributed by atoms with E-state index in [4.69, 9.17) is 11.5 Å². The Bertz CT molecular complexity index is 2050. The van der Waals surface area contributed by atoms with E-state index < -0.39 is 35.3 Å². The predicted molar refractivity (Wildman–Crippen MR) is 165 cm³/mol. The molecule has 2 amide bonds. The summed E-state index contributed by atoms with van der Waals surface area (Å²) in [6.07, 6.45) is -9.34. The van der Waals surface area contributed by atoms with E-state index in [-0.39, 0.29) is 22.3 Å². The lowest BCUT2D eigenvalue weighted by Crippen LogP contribution is -2.11. The van der Waals surface area contributed by atoms with E-state index in [2.05, 4.69) is 0 Å². The van der Waals surface area contributed by atoms with Crippen molar-refractivity contribution in [3.63, 3.8) is 0 Å². The average Bonchev–Trinajstić information content (AvgIpc) is 3.02. The van der Waals surface area contributed by atoms with Gasteiger partial charge in [-0.1, -0.05) is 72.8 Å². The summed E-state index contributed by atoms with van der Waals surface area (Å²) in [7, 11) is 0. The predicted octanol–water partition coefficient (Wildman–Crippen LogP) is 9.23. The molecule has 0 atom stereocenters. The van der Waals surface area contributed by atoms with Crippen molar-refractivity contribution < 1.29 is 35.9 Å². The quantitative estimate of drug-likeness (QED) is 0.187. The Labute approximate surface area is 257 Å². The van der Waals surface area contributed by atoms with Crippen LogP contribution in [0.15, 0.2) is 109 Å². The topological polar surface area (TPSA) is 86.2 Å². The molecule has 10 heteroatoms. The number of benzene rings is 6. The number of amides is 2. The van der Waals surface area contributed by atoms with Gasteiger partial charge < -0.3 is 11.5 Å². The van der Waals surface area contributed by atoms with Crippen LogP contribution in [0.3, 0.4) is 0 Å². The van der Waals surface area contributed by atoms with Gasteiger partial charge in [0.15, 0.2) is 0 Å². The molecule has 0 spiro atoms. The number of carbonyl (C=O) groups is 2. The van der Waals surface area contributed by atoms with E-state index in [1.165, 1.54) is 36.4 Å². The third kappa shape index (κ3) is 5.32. The summed E-state index contributed by atoms with van der Waals surface area (Å²) >= 11 is 0. The molecule has 6 rings (SSSR count). The maximum Gasteiger partial charge on any atom is 0.416 e. The standard InChI is InChI=1S/C36H22F6N2O2/c37-35(38,39)21-7-1-5-19(17-21)31-25-9-3-11-29(33(43)45)23(25)13-15-27(31)28-16-14-24-26(10-4-12-30(24)34(44)46)32(28)20-6-2-8-22(18-20)36(40,41)42/h1-18H,(H2,43,45)(H2,44,46). The molecular formula is C36H22F6N2O2. The number of carbonyl (C=O) groups excluding carboxylic acids is 2. The summed E-state index contributed by atoms with van der Waals surface area (Å²) < 4.78 is 83.4. The molecule has 0 saturated carbocycles. The summed E-state index contributed by atoms with van der Waals surface area (Å²) in [4.78, 5) is 24.7. The largest absolute Gasteiger partial charge is 0.416 e. The Hall–Kier alpha value is -5.64. The number of hydrogen-bond acceptors (Lipinski definition) is 2. The van der Waals surface area contributed by atoms with Gasteiger partial charge in [0, 0.05) is 11.1 Å². The van der Waals surface area contributed by atoms with Gasteiger partial charge in [0.05, 0.1) is 11.1 Å². The first kappa shape index (κ1) is 30.4. The normalized spacial score (nSPS) is 12.0. The van der Waals surface area contributed by atoms with Crippen LogP contribution in [0.2, 0.25) is 0 Å². The number of nitrogens with two attached hydrogens (primary N) is 2. The van der Waals surface area contributed by atoms with Crippen LogP contribution in [0, 0.1) is 0 Å². The zero-order valence-corrected chi connectivity index (χ0v) is 23.6. The van der Waals surface area contributed by atoms with E-state index in [0.29, 0.717) is 43.8 Å². The number of alkyl halides is 6. The fourth-order valence-corrected chi connectivity index (χ4v) is 5.92. The summed E-state index contributed by atoms with van der Waals surface area (Å²) in [5.41, 5.74) is 11.3. The molecular weight excluding hydrogens is 606 g/mol. The molecule has 4 N–H and O–H groups in total. The van der Waals surface area contributed by atoms with Gasteiger partial charge in [-0.15, -0.1) is 0 Å². The number of rotatable bonds is 5. The molecule has 0 unspecified atom stereocenters. The monoisotopic (exact) mass is 628 g/mol. The first-order valence-electron chi connectivity index (χ1n) is 13.8. The fourth-order valence-electron chi connectivity index (χ4n) is 5.92. The van der Waals surface area contributed by atoms with Crippen molar-refractivity contribution in [2.45, 2.75) is 12.4 Å². The molecule has 4 nitrogen and oxygen atoms in total. The lowest BCUT2D eigenvalue weighted by atomic mass is 9.83. The van der Waals surface area contributed by atoms with Crippen LogP contribution in [0.4, 0.5) is 26.3 Å². The lowest BCUT2D eigenvalue weighted by Gasteiger charge is -2.21. The first-order chi connectivity index (χ1) is 21.8. The summed E-state index contributed by atoms with van der Waals surface area (Å²) in [6.45, 7) is 0. The molecule has 0 aromatic heterocycles. The van der Waals surface area contributed by atoms with Gasteiger partial charge in [-0.3, -0.25) is 9.59 Å². The highest BCUT2D eigenvalue weighted by Crippen LogP contribution is 2.47. The van der Waals surface area contributed by atoms with Gasteiger partial charge in [-0.05, 0) is 91.3 Å². The van der Waals surface area contributed by atoms with Crippen LogP contribution in [-0.4, -0.2) is 11.8 Å². The second kappa shape index (κ2) is 11.1. The van der Waals surface area contributed by atoms with E-state index in [0.717, 1.165) is 24.3 Å². The minimum atomic E-state index is -4.67. The van der Waals surface area contributed by atoms with Gasteiger partial charge in [-0.2, -0.15) is 26.3 Å². The second-order valence-corrected chi connectivity index (χ2v) is 10.7. The first-order valence-corrected chi connectivity index (χ1v) is 13.8. The van der Waals surface area contributed by atoms with Crippen molar-refractivity contribution in [3.8, 4) is 33.4 Å². The smallest absolute Gasteiger partial charge is 0.366 e. The van der Waals surface area contributed by atoms with Crippen molar-refractivity contribution >= 4 is 33.4 Å². The van der Waals surface area contributed by atoms with Crippen molar-refractivity contribution in [1.29, 1.82) is 0 Å². The van der Waals surface area contributed by atoms with Crippen LogP contribution in [0.1, 0.15) is 31.8 Å². The van der Waals surface area contributed by atoms with Crippen molar-refractivity contribution in [1.82, 2.24) is 0 Å². The van der Waals surface area contributed by atoms with Crippen LogP contribution < -0.4 is 11.5 Å². The van der Waals surface area contributed by atoms with Gasteiger partial charge in [-0.25, -0.2) is 0 Å². The highest BCUT2D eigenvalue weighted by molar-refractivity contribution is 6.17. The minimum Gasteiger partial charge on any atom is -0.366 e. The fraction of sp³-hybridized carbons (Fsp3) is 0.0556. The Morgan fingerprint density at radius 2 is 0.826 bits per heavy atom. The highest BCUT2D eigenvalue weighted by Gasteiger charge is 2.32. The summed E-state index contributed by atoms with van der Waals surface area (Å²) in [5.74, 6) is -1.50. The highest BCUT2D eigenvalue weighted by atomic mass is 19.4. The Balaban J connectivity index is 1.79. The second-order valence-electron chi connectivity index (χ2n) is 10.7. The van der Waals surface area contributed by atoms with Crippen molar-refractivity contribution in [2.75, 3.05) is 0 Å². The van der Waals surface area contributed by atoms with E-state index in [1.54, 1.807) is 48.5 Å². The van der Waals surface area contributed by atoms with Gasteiger partial charge in [0.2, 0.25) is 11.8 Å². The molecule has 0 heterocycles. The number of fused-ring (bicyclic) bond motifs is 2. The van der Waals surface area contributed by atoms with Crippen LogP contribution in [0.25, 0.3) is 54.9 Å². The molecule has 0 fully saturated rings.